The van der Waals surface area contributed by atoms with Gasteiger partial charge in [-0.1, -0.05) is 48.8 Å². The predicted octanol–water partition coefficient (Wildman–Crippen LogP) is 3.36. The first-order valence-corrected chi connectivity index (χ1v) is 9.28. The molecule has 9 heteroatoms. The number of amides is 1. The van der Waals surface area contributed by atoms with Crippen LogP contribution >= 0.6 is 35.0 Å². The summed E-state index contributed by atoms with van der Waals surface area (Å²) in [6, 6.07) is 5.22. The van der Waals surface area contributed by atoms with E-state index >= 15 is 0 Å². The summed E-state index contributed by atoms with van der Waals surface area (Å²) in [5, 5.41) is 12.5. The molecule has 0 unspecified atom stereocenters. The number of hydrogen-bond acceptors (Lipinski definition) is 5. The highest BCUT2D eigenvalue weighted by atomic mass is 35.5. The van der Waals surface area contributed by atoms with E-state index in [0.717, 1.165) is 12.8 Å². The Hall–Kier alpha value is -1.44. The zero-order valence-electron chi connectivity index (χ0n) is 13.4. The molecular weight excluding hydrogens is 369 g/mol. The van der Waals surface area contributed by atoms with Crippen molar-refractivity contribution in [3.8, 4) is 11.4 Å². The molecular formula is C15H19Cl2N5OS. The fourth-order valence-corrected chi connectivity index (χ4v) is 3.16. The number of benzene rings is 1. The molecule has 0 radical (unpaired) electrons. The molecule has 0 spiro atoms. The molecule has 0 saturated carbocycles. The van der Waals surface area contributed by atoms with Crippen molar-refractivity contribution in [2.75, 3.05) is 11.6 Å². The van der Waals surface area contributed by atoms with Crippen LogP contribution in [-0.2, 0) is 4.79 Å². The number of thioether (sulfide) groups is 1. The molecule has 0 atom stereocenters. The van der Waals surface area contributed by atoms with E-state index in [1.165, 1.54) is 16.4 Å². The van der Waals surface area contributed by atoms with Crippen LogP contribution in [0.2, 0.25) is 10.0 Å². The zero-order chi connectivity index (χ0) is 17.7. The Kier molecular flexibility index (Phi) is 6.77. The fourth-order valence-electron chi connectivity index (χ4n) is 2.12. The van der Waals surface area contributed by atoms with Gasteiger partial charge in [-0.05, 0) is 31.0 Å². The first-order chi connectivity index (χ1) is 11.5. The number of aromatic nitrogens is 3. The Morgan fingerprint density at radius 1 is 1.33 bits per heavy atom. The molecule has 0 fully saturated rings. The van der Waals surface area contributed by atoms with E-state index in [4.69, 9.17) is 29.0 Å². The lowest BCUT2D eigenvalue weighted by atomic mass is 10.2. The van der Waals surface area contributed by atoms with Crippen LogP contribution in [-0.4, -0.2) is 32.6 Å². The van der Waals surface area contributed by atoms with Crippen LogP contribution in [0.15, 0.2) is 23.4 Å². The molecule has 2 rings (SSSR count). The quantitative estimate of drug-likeness (QED) is 0.561. The molecule has 0 saturated heterocycles. The van der Waals surface area contributed by atoms with Crippen molar-refractivity contribution in [1.82, 2.24) is 20.2 Å². The van der Waals surface area contributed by atoms with E-state index < -0.39 is 0 Å². The largest absolute Gasteiger partial charge is 0.353 e. The van der Waals surface area contributed by atoms with Crippen LogP contribution in [0.5, 0.6) is 0 Å². The maximum absolute atomic E-state index is 12.0. The third kappa shape index (κ3) is 4.55. The average molecular weight is 388 g/mol. The molecule has 3 N–H and O–H groups in total. The minimum Gasteiger partial charge on any atom is -0.353 e. The van der Waals surface area contributed by atoms with Crippen molar-refractivity contribution in [3.63, 3.8) is 0 Å². The zero-order valence-corrected chi connectivity index (χ0v) is 15.8. The number of nitrogens with two attached hydrogens (primary N) is 1. The molecule has 1 amide bonds. The van der Waals surface area contributed by atoms with E-state index in [9.17, 15) is 4.79 Å². The van der Waals surface area contributed by atoms with Gasteiger partial charge in [0.2, 0.25) is 11.1 Å². The lowest BCUT2D eigenvalue weighted by Gasteiger charge is -2.14. The number of carbonyl (C=O) groups is 1. The number of nitrogens with one attached hydrogen (secondary N) is 1. The van der Waals surface area contributed by atoms with E-state index in [0.29, 0.717) is 26.6 Å². The number of nitrogen functional groups attached to an aromatic ring is 1. The van der Waals surface area contributed by atoms with Crippen molar-refractivity contribution in [2.24, 2.45) is 0 Å². The summed E-state index contributed by atoms with van der Waals surface area (Å²) in [7, 11) is 0. The highest BCUT2D eigenvalue weighted by Gasteiger charge is 2.17. The topological polar surface area (TPSA) is 85.8 Å². The highest BCUT2D eigenvalue weighted by molar-refractivity contribution is 7.99. The van der Waals surface area contributed by atoms with Crippen LogP contribution in [0.1, 0.15) is 26.7 Å². The van der Waals surface area contributed by atoms with Crippen molar-refractivity contribution in [2.45, 2.75) is 37.9 Å². The molecule has 1 aromatic heterocycles. The number of rotatable bonds is 7. The molecule has 1 heterocycles. The smallest absolute Gasteiger partial charge is 0.230 e. The molecule has 130 valence electrons. The van der Waals surface area contributed by atoms with Crippen LogP contribution in [0.3, 0.4) is 0 Å². The minimum atomic E-state index is -0.0564. The molecule has 24 heavy (non-hydrogen) atoms. The number of hydrogen-bond donors (Lipinski definition) is 2. The number of carbonyl (C=O) groups excluding carboxylic acids is 1. The van der Waals surface area contributed by atoms with Gasteiger partial charge >= 0.3 is 0 Å². The highest BCUT2D eigenvalue weighted by Crippen LogP contribution is 2.30. The second-order valence-electron chi connectivity index (χ2n) is 5.17. The van der Waals surface area contributed by atoms with Gasteiger partial charge in [-0.15, -0.1) is 10.2 Å². The molecule has 0 aliphatic heterocycles. The lowest BCUT2D eigenvalue weighted by molar-refractivity contribution is -0.119. The molecule has 0 bridgehead atoms. The molecule has 6 nitrogen and oxygen atoms in total. The number of halogens is 2. The summed E-state index contributed by atoms with van der Waals surface area (Å²) in [5.74, 6) is 6.59. The summed E-state index contributed by atoms with van der Waals surface area (Å²) in [6.45, 7) is 4.08. The third-order valence-corrected chi connectivity index (χ3v) is 5.02. The Bertz CT molecular complexity index is 718. The minimum absolute atomic E-state index is 0.0564. The fraction of sp³-hybridized carbons (Fsp3) is 0.400. The van der Waals surface area contributed by atoms with Crippen LogP contribution in [0.4, 0.5) is 0 Å². The molecule has 0 aliphatic rings. The average Bonchev–Trinajstić information content (AvgIpc) is 2.93. The maximum Gasteiger partial charge on any atom is 0.230 e. The van der Waals surface area contributed by atoms with E-state index in [1.807, 2.05) is 13.8 Å². The lowest BCUT2D eigenvalue weighted by Crippen LogP contribution is -2.35. The van der Waals surface area contributed by atoms with Crippen LogP contribution < -0.4 is 11.2 Å². The van der Waals surface area contributed by atoms with Gasteiger partial charge in [0.15, 0.2) is 5.82 Å². The summed E-state index contributed by atoms with van der Waals surface area (Å²) in [5.41, 5.74) is 0.590. The van der Waals surface area contributed by atoms with Gasteiger partial charge in [0, 0.05) is 16.6 Å². The second-order valence-corrected chi connectivity index (χ2v) is 6.96. The SMILES string of the molecule is CCC(CC)NC(=O)CSc1nnc(-c2cc(Cl)ccc2Cl)n1N. The van der Waals surface area contributed by atoms with Crippen molar-refractivity contribution >= 4 is 40.9 Å². The summed E-state index contributed by atoms with van der Waals surface area (Å²) in [4.78, 5) is 12.0. The predicted molar refractivity (Wildman–Crippen MR) is 98.9 cm³/mol. The molecule has 0 aliphatic carbocycles. The van der Waals surface area contributed by atoms with Crippen molar-refractivity contribution in [1.29, 1.82) is 0 Å². The standard InChI is InChI=1S/C15H19Cl2N5OS/c1-3-10(4-2)19-13(23)8-24-15-21-20-14(22(15)18)11-7-9(16)5-6-12(11)17/h5-7,10H,3-4,8,18H2,1-2H3,(H,19,23). The molecule has 2 aromatic rings. The Labute approximate surface area is 155 Å². The number of nitrogens with zero attached hydrogens (tertiary/aromatic N) is 3. The van der Waals surface area contributed by atoms with Gasteiger partial charge in [0.1, 0.15) is 0 Å². The summed E-state index contributed by atoms with van der Waals surface area (Å²) >= 11 is 13.4. The van der Waals surface area contributed by atoms with Gasteiger partial charge in [0.25, 0.3) is 0 Å². The van der Waals surface area contributed by atoms with E-state index in [-0.39, 0.29) is 17.7 Å². The summed E-state index contributed by atoms with van der Waals surface area (Å²) in [6.07, 6.45) is 1.80. The van der Waals surface area contributed by atoms with Crippen molar-refractivity contribution in [3.05, 3.63) is 28.2 Å². The van der Waals surface area contributed by atoms with Gasteiger partial charge < -0.3 is 11.2 Å². The summed E-state index contributed by atoms with van der Waals surface area (Å²) < 4.78 is 1.31. The van der Waals surface area contributed by atoms with E-state index in [2.05, 4.69) is 15.5 Å². The van der Waals surface area contributed by atoms with Gasteiger partial charge in [-0.25, -0.2) is 4.68 Å². The Morgan fingerprint density at radius 2 is 2.04 bits per heavy atom. The van der Waals surface area contributed by atoms with Crippen LogP contribution in [0.25, 0.3) is 11.4 Å². The maximum atomic E-state index is 12.0. The first-order valence-electron chi connectivity index (χ1n) is 7.54. The molecule has 1 aromatic carbocycles. The van der Waals surface area contributed by atoms with Gasteiger partial charge in [-0.3, -0.25) is 4.79 Å². The third-order valence-electron chi connectivity index (χ3n) is 3.52. The van der Waals surface area contributed by atoms with Crippen LogP contribution in [0, 0.1) is 0 Å². The monoisotopic (exact) mass is 387 g/mol. The van der Waals surface area contributed by atoms with E-state index in [1.54, 1.807) is 18.2 Å². The Morgan fingerprint density at radius 3 is 2.71 bits per heavy atom. The van der Waals surface area contributed by atoms with Gasteiger partial charge in [0.05, 0.1) is 10.8 Å². The Balaban J connectivity index is 2.08. The van der Waals surface area contributed by atoms with Crippen molar-refractivity contribution < 1.29 is 4.79 Å². The van der Waals surface area contributed by atoms with Gasteiger partial charge in [-0.2, -0.15) is 0 Å². The normalized spacial score (nSPS) is 11.0. The first kappa shape index (κ1) is 18.9. The second kappa shape index (κ2) is 8.60.